The number of fused-ring (bicyclic) bond motifs is 1. The van der Waals surface area contributed by atoms with Crippen LogP contribution in [-0.4, -0.2) is 13.6 Å². The maximum absolute atomic E-state index is 13.2. The van der Waals surface area contributed by atoms with Crippen LogP contribution in [0.1, 0.15) is 5.56 Å². The number of sulfonamides is 1. The summed E-state index contributed by atoms with van der Waals surface area (Å²) in [7, 11) is -3.88. The number of nitrogens with zero attached hydrogens (tertiary/aromatic N) is 1. The van der Waals surface area contributed by atoms with Gasteiger partial charge in [0.05, 0.1) is 5.69 Å². The van der Waals surface area contributed by atoms with E-state index in [0.29, 0.717) is 16.5 Å². The molecule has 22 heavy (non-hydrogen) atoms. The van der Waals surface area contributed by atoms with Crippen LogP contribution < -0.4 is 5.32 Å². The topological polar surface area (TPSA) is 58.5 Å². The van der Waals surface area contributed by atoms with E-state index in [-0.39, 0.29) is 10.1 Å². The standard InChI is InChI=1S/C14H10ClFN2O2S2/c15-10-3-1-9(2-4-10)8-21-14-17-12-6-5-11(16)7-13(12)22(19,20)18-14/h1-7H,8H2,(H,17,18). The highest BCUT2D eigenvalue weighted by molar-refractivity contribution is 8.14. The van der Waals surface area contributed by atoms with Crippen molar-refractivity contribution in [1.82, 2.24) is 0 Å². The maximum Gasteiger partial charge on any atom is 0.286 e. The predicted molar refractivity (Wildman–Crippen MR) is 87.4 cm³/mol. The molecule has 0 atom stereocenters. The Bertz CT molecular complexity index is 852. The molecule has 1 aliphatic rings. The summed E-state index contributed by atoms with van der Waals surface area (Å²) in [6.07, 6.45) is 0. The molecular formula is C14H10ClFN2O2S2. The number of nitrogens with one attached hydrogen (secondary N) is 1. The average Bonchev–Trinajstić information content (AvgIpc) is 2.47. The molecule has 0 unspecified atom stereocenters. The maximum atomic E-state index is 13.2. The second-order valence-electron chi connectivity index (χ2n) is 4.55. The molecule has 1 heterocycles. The Labute approximate surface area is 136 Å². The van der Waals surface area contributed by atoms with Gasteiger partial charge in [0.25, 0.3) is 10.0 Å². The highest BCUT2D eigenvalue weighted by Gasteiger charge is 2.25. The molecule has 0 saturated carbocycles. The van der Waals surface area contributed by atoms with Gasteiger partial charge in [-0.3, -0.25) is 0 Å². The molecule has 8 heteroatoms. The molecule has 114 valence electrons. The molecule has 0 radical (unpaired) electrons. The van der Waals surface area contributed by atoms with Gasteiger partial charge in [0.15, 0.2) is 5.17 Å². The van der Waals surface area contributed by atoms with Crippen molar-refractivity contribution < 1.29 is 12.8 Å². The third kappa shape index (κ3) is 3.26. The lowest BCUT2D eigenvalue weighted by atomic mass is 10.2. The molecule has 1 aliphatic heterocycles. The zero-order valence-corrected chi connectivity index (χ0v) is 13.5. The fraction of sp³-hybridized carbons (Fsp3) is 0.0714. The molecule has 0 bridgehead atoms. The van der Waals surface area contributed by atoms with Gasteiger partial charge < -0.3 is 5.32 Å². The van der Waals surface area contributed by atoms with Crippen LogP contribution >= 0.6 is 23.4 Å². The van der Waals surface area contributed by atoms with Gasteiger partial charge in [-0.1, -0.05) is 35.5 Å². The molecule has 0 aliphatic carbocycles. The van der Waals surface area contributed by atoms with Crippen LogP contribution in [0.15, 0.2) is 51.8 Å². The lowest BCUT2D eigenvalue weighted by molar-refractivity contribution is 0.592. The zero-order valence-electron chi connectivity index (χ0n) is 11.1. The Kier molecular flexibility index (Phi) is 4.12. The predicted octanol–water partition coefficient (Wildman–Crippen LogP) is 3.88. The van der Waals surface area contributed by atoms with Crippen LogP contribution in [0.25, 0.3) is 0 Å². The number of benzene rings is 2. The number of anilines is 1. The summed E-state index contributed by atoms with van der Waals surface area (Å²) in [5, 5.41) is 3.80. The minimum absolute atomic E-state index is 0.150. The number of amidine groups is 1. The van der Waals surface area contributed by atoms with Crippen molar-refractivity contribution in [3.05, 3.63) is 58.9 Å². The highest BCUT2D eigenvalue weighted by atomic mass is 35.5. The molecule has 0 amide bonds. The second kappa shape index (κ2) is 5.91. The van der Waals surface area contributed by atoms with E-state index in [1.54, 1.807) is 12.1 Å². The molecule has 0 spiro atoms. The van der Waals surface area contributed by atoms with Crippen molar-refractivity contribution in [3.8, 4) is 0 Å². The third-order valence-electron chi connectivity index (χ3n) is 2.96. The van der Waals surface area contributed by atoms with E-state index in [0.717, 1.165) is 11.6 Å². The van der Waals surface area contributed by atoms with Crippen molar-refractivity contribution in [2.24, 2.45) is 4.40 Å². The van der Waals surface area contributed by atoms with Gasteiger partial charge in [-0.15, -0.1) is 4.40 Å². The number of hydrogen-bond acceptors (Lipinski definition) is 4. The van der Waals surface area contributed by atoms with E-state index in [9.17, 15) is 12.8 Å². The first-order chi connectivity index (χ1) is 10.4. The minimum atomic E-state index is -3.88. The van der Waals surface area contributed by atoms with Gasteiger partial charge in [-0.25, -0.2) is 4.39 Å². The van der Waals surface area contributed by atoms with Crippen molar-refractivity contribution in [1.29, 1.82) is 0 Å². The molecule has 0 aromatic heterocycles. The van der Waals surface area contributed by atoms with E-state index in [1.165, 1.54) is 23.9 Å². The van der Waals surface area contributed by atoms with Crippen molar-refractivity contribution >= 4 is 44.2 Å². The van der Waals surface area contributed by atoms with Crippen LogP contribution in [-0.2, 0) is 15.8 Å². The summed E-state index contributed by atoms with van der Waals surface area (Å²) in [4.78, 5) is -0.150. The summed E-state index contributed by atoms with van der Waals surface area (Å²) in [6.45, 7) is 0. The van der Waals surface area contributed by atoms with Gasteiger partial charge in [0.2, 0.25) is 0 Å². The molecular weight excluding hydrogens is 347 g/mol. The fourth-order valence-electron chi connectivity index (χ4n) is 1.90. The molecule has 2 aromatic carbocycles. The van der Waals surface area contributed by atoms with Gasteiger partial charge in [0.1, 0.15) is 10.7 Å². The fourth-order valence-corrected chi connectivity index (χ4v) is 4.23. The molecule has 2 aromatic rings. The molecule has 0 fully saturated rings. The monoisotopic (exact) mass is 356 g/mol. The summed E-state index contributed by atoms with van der Waals surface area (Å²) in [6, 6.07) is 10.8. The number of hydrogen-bond donors (Lipinski definition) is 1. The summed E-state index contributed by atoms with van der Waals surface area (Å²) in [5.74, 6) is -0.0775. The first-order valence-corrected chi connectivity index (χ1v) is 9.03. The smallest absolute Gasteiger partial charge is 0.286 e. The highest BCUT2D eigenvalue weighted by Crippen LogP contribution is 2.30. The lowest BCUT2D eigenvalue weighted by Crippen LogP contribution is -2.19. The van der Waals surface area contributed by atoms with Crippen LogP contribution in [0, 0.1) is 5.82 Å². The summed E-state index contributed by atoms with van der Waals surface area (Å²) >= 11 is 7.06. The Hall–Kier alpha value is -1.57. The Balaban J connectivity index is 1.81. The van der Waals surface area contributed by atoms with Crippen molar-refractivity contribution in [3.63, 3.8) is 0 Å². The quantitative estimate of drug-likeness (QED) is 0.887. The van der Waals surface area contributed by atoms with Crippen LogP contribution in [0.5, 0.6) is 0 Å². The normalized spacial score (nSPS) is 15.6. The number of halogens is 2. The first kappa shape index (κ1) is 15.3. The van der Waals surface area contributed by atoms with E-state index < -0.39 is 15.8 Å². The van der Waals surface area contributed by atoms with E-state index in [1.807, 2.05) is 12.1 Å². The van der Waals surface area contributed by atoms with Crippen LogP contribution in [0.4, 0.5) is 10.1 Å². The van der Waals surface area contributed by atoms with Crippen LogP contribution in [0.2, 0.25) is 5.02 Å². The van der Waals surface area contributed by atoms with Gasteiger partial charge >= 0.3 is 0 Å². The Morgan fingerprint density at radius 2 is 1.91 bits per heavy atom. The summed E-state index contributed by atoms with van der Waals surface area (Å²) < 4.78 is 41.0. The van der Waals surface area contributed by atoms with E-state index >= 15 is 0 Å². The summed E-state index contributed by atoms with van der Waals surface area (Å²) in [5.41, 5.74) is 1.32. The average molecular weight is 357 g/mol. The van der Waals surface area contributed by atoms with Crippen molar-refractivity contribution in [2.45, 2.75) is 10.6 Å². The number of rotatable bonds is 2. The molecule has 3 rings (SSSR count). The Morgan fingerprint density at radius 1 is 1.18 bits per heavy atom. The second-order valence-corrected chi connectivity index (χ2v) is 7.53. The zero-order chi connectivity index (χ0) is 15.7. The minimum Gasteiger partial charge on any atom is -0.333 e. The van der Waals surface area contributed by atoms with E-state index in [4.69, 9.17) is 11.6 Å². The van der Waals surface area contributed by atoms with Crippen LogP contribution in [0.3, 0.4) is 0 Å². The largest absolute Gasteiger partial charge is 0.333 e. The van der Waals surface area contributed by atoms with Gasteiger partial charge in [-0.2, -0.15) is 8.42 Å². The first-order valence-electron chi connectivity index (χ1n) is 6.23. The lowest BCUT2D eigenvalue weighted by Gasteiger charge is -2.17. The Morgan fingerprint density at radius 3 is 2.64 bits per heavy atom. The molecule has 1 N–H and O–H groups in total. The van der Waals surface area contributed by atoms with E-state index in [2.05, 4.69) is 9.71 Å². The SMILES string of the molecule is O=S1(=O)N=C(SCc2ccc(Cl)cc2)Nc2ccc(F)cc21. The molecule has 0 saturated heterocycles. The van der Waals surface area contributed by atoms with Crippen molar-refractivity contribution in [2.75, 3.05) is 5.32 Å². The third-order valence-corrected chi connectivity index (χ3v) is 5.58. The van der Waals surface area contributed by atoms with Gasteiger partial charge in [0, 0.05) is 10.8 Å². The molecule has 4 nitrogen and oxygen atoms in total. The number of thioether (sulfide) groups is 1. The van der Waals surface area contributed by atoms with Gasteiger partial charge in [-0.05, 0) is 35.9 Å².